The van der Waals surface area contributed by atoms with Gasteiger partial charge in [-0.05, 0) is 37.9 Å². The summed E-state index contributed by atoms with van der Waals surface area (Å²) in [7, 11) is 0. The van der Waals surface area contributed by atoms with E-state index in [0.29, 0.717) is 30.1 Å². The number of benzene rings is 1. The number of amides is 1. The minimum Gasteiger partial charge on any atom is -0.336 e. The van der Waals surface area contributed by atoms with Crippen molar-refractivity contribution in [3.8, 4) is 11.4 Å². The standard InChI is InChI=1S/C16H17F3N4O2/c1-9-6-10(7-20)8-23(9)14(24)12-4-2-11(3-5-12)13-21-15(25-22-13)16(17,18)19/h2-5,9-10H,6-8,20H2,1H3. The summed E-state index contributed by atoms with van der Waals surface area (Å²) in [5, 5.41) is 3.32. The lowest BCUT2D eigenvalue weighted by molar-refractivity contribution is -0.159. The second-order valence-electron chi connectivity index (χ2n) is 6.14. The molecule has 0 spiro atoms. The molecule has 1 aliphatic rings. The molecule has 0 radical (unpaired) electrons. The molecule has 2 N–H and O–H groups in total. The van der Waals surface area contributed by atoms with Crippen LogP contribution in [-0.2, 0) is 6.18 Å². The van der Waals surface area contributed by atoms with Crippen molar-refractivity contribution in [2.75, 3.05) is 13.1 Å². The maximum absolute atomic E-state index is 12.6. The molecular formula is C16H17F3N4O2. The van der Waals surface area contributed by atoms with Crippen molar-refractivity contribution in [3.63, 3.8) is 0 Å². The van der Waals surface area contributed by atoms with Gasteiger partial charge in [-0.1, -0.05) is 17.3 Å². The van der Waals surface area contributed by atoms with Gasteiger partial charge in [0.15, 0.2) is 0 Å². The van der Waals surface area contributed by atoms with Crippen LogP contribution < -0.4 is 5.73 Å². The Balaban J connectivity index is 1.76. The van der Waals surface area contributed by atoms with Gasteiger partial charge < -0.3 is 15.2 Å². The van der Waals surface area contributed by atoms with Crippen molar-refractivity contribution in [2.45, 2.75) is 25.6 Å². The quantitative estimate of drug-likeness (QED) is 0.916. The lowest BCUT2D eigenvalue weighted by Crippen LogP contribution is -2.34. The van der Waals surface area contributed by atoms with Crippen molar-refractivity contribution in [1.82, 2.24) is 15.0 Å². The average molecular weight is 354 g/mol. The number of rotatable bonds is 3. The van der Waals surface area contributed by atoms with E-state index >= 15 is 0 Å². The fourth-order valence-electron chi connectivity index (χ4n) is 2.98. The van der Waals surface area contributed by atoms with Gasteiger partial charge in [0.25, 0.3) is 5.91 Å². The summed E-state index contributed by atoms with van der Waals surface area (Å²) in [6, 6.07) is 6.19. The molecule has 0 aliphatic carbocycles. The van der Waals surface area contributed by atoms with E-state index in [-0.39, 0.29) is 17.8 Å². The molecule has 0 bridgehead atoms. The first-order valence-electron chi connectivity index (χ1n) is 7.82. The Kier molecular flexibility index (Phi) is 4.51. The average Bonchev–Trinajstić information content (AvgIpc) is 3.21. The molecular weight excluding hydrogens is 337 g/mol. The van der Waals surface area contributed by atoms with E-state index in [9.17, 15) is 18.0 Å². The highest BCUT2D eigenvalue weighted by atomic mass is 19.4. The molecule has 1 aromatic carbocycles. The Labute approximate surface area is 141 Å². The molecule has 25 heavy (non-hydrogen) atoms. The molecule has 1 saturated heterocycles. The summed E-state index contributed by atoms with van der Waals surface area (Å²) in [4.78, 5) is 17.7. The van der Waals surface area contributed by atoms with Crippen LogP contribution in [0.2, 0.25) is 0 Å². The molecule has 1 amide bonds. The Morgan fingerprint density at radius 1 is 1.36 bits per heavy atom. The van der Waals surface area contributed by atoms with Crippen molar-refractivity contribution in [2.24, 2.45) is 11.7 Å². The van der Waals surface area contributed by atoms with Crippen LogP contribution in [-0.4, -0.2) is 40.1 Å². The molecule has 2 atom stereocenters. The molecule has 6 nitrogen and oxygen atoms in total. The summed E-state index contributed by atoms with van der Waals surface area (Å²) in [5.41, 5.74) is 6.46. The maximum Gasteiger partial charge on any atom is 0.471 e. The first kappa shape index (κ1) is 17.4. The third kappa shape index (κ3) is 3.51. The van der Waals surface area contributed by atoms with Crippen LogP contribution in [0.4, 0.5) is 13.2 Å². The number of hydrogen-bond acceptors (Lipinski definition) is 5. The van der Waals surface area contributed by atoms with Crippen molar-refractivity contribution in [1.29, 1.82) is 0 Å². The number of hydrogen-bond donors (Lipinski definition) is 1. The molecule has 2 aromatic rings. The number of halogens is 3. The first-order chi connectivity index (χ1) is 11.8. The Bertz CT molecular complexity index is 757. The second kappa shape index (κ2) is 6.47. The Morgan fingerprint density at radius 2 is 2.04 bits per heavy atom. The number of likely N-dealkylation sites (tertiary alicyclic amines) is 1. The van der Waals surface area contributed by atoms with E-state index in [0.717, 1.165) is 6.42 Å². The van der Waals surface area contributed by atoms with Gasteiger partial charge >= 0.3 is 12.1 Å². The van der Waals surface area contributed by atoms with Gasteiger partial charge in [0.05, 0.1) is 0 Å². The molecule has 3 rings (SSSR count). The van der Waals surface area contributed by atoms with Gasteiger partial charge in [0, 0.05) is 23.7 Å². The number of carbonyl (C=O) groups is 1. The molecule has 2 heterocycles. The zero-order chi connectivity index (χ0) is 18.2. The first-order valence-corrected chi connectivity index (χ1v) is 7.82. The molecule has 9 heteroatoms. The minimum atomic E-state index is -4.69. The van der Waals surface area contributed by atoms with E-state index in [4.69, 9.17) is 5.73 Å². The molecule has 1 fully saturated rings. The highest BCUT2D eigenvalue weighted by Crippen LogP contribution is 2.30. The summed E-state index contributed by atoms with van der Waals surface area (Å²) in [5.74, 6) is -1.41. The van der Waals surface area contributed by atoms with Gasteiger partial charge in [-0.25, -0.2) is 0 Å². The van der Waals surface area contributed by atoms with Crippen LogP contribution in [0.1, 0.15) is 29.6 Å². The molecule has 134 valence electrons. The van der Waals surface area contributed by atoms with Crippen LogP contribution in [0.25, 0.3) is 11.4 Å². The normalized spacial score (nSPS) is 20.9. The molecule has 0 saturated carbocycles. The van der Waals surface area contributed by atoms with E-state index in [1.54, 1.807) is 17.0 Å². The maximum atomic E-state index is 12.6. The highest BCUT2D eigenvalue weighted by Gasteiger charge is 2.38. The van der Waals surface area contributed by atoms with Crippen LogP contribution in [0.15, 0.2) is 28.8 Å². The number of alkyl halides is 3. The van der Waals surface area contributed by atoms with Gasteiger partial charge in [0.2, 0.25) is 5.82 Å². The van der Waals surface area contributed by atoms with E-state index in [1.807, 2.05) is 6.92 Å². The van der Waals surface area contributed by atoms with Crippen LogP contribution in [0.3, 0.4) is 0 Å². The van der Waals surface area contributed by atoms with Crippen LogP contribution >= 0.6 is 0 Å². The predicted molar refractivity (Wildman–Crippen MR) is 82.4 cm³/mol. The third-order valence-corrected chi connectivity index (χ3v) is 4.31. The van der Waals surface area contributed by atoms with Crippen LogP contribution in [0, 0.1) is 5.92 Å². The van der Waals surface area contributed by atoms with Gasteiger partial charge in [-0.3, -0.25) is 4.79 Å². The fourth-order valence-corrected chi connectivity index (χ4v) is 2.98. The fraction of sp³-hybridized carbons (Fsp3) is 0.438. The second-order valence-corrected chi connectivity index (χ2v) is 6.14. The van der Waals surface area contributed by atoms with E-state index in [1.165, 1.54) is 12.1 Å². The zero-order valence-corrected chi connectivity index (χ0v) is 13.5. The molecule has 1 aromatic heterocycles. The zero-order valence-electron chi connectivity index (χ0n) is 13.5. The van der Waals surface area contributed by atoms with Gasteiger partial charge in [-0.2, -0.15) is 18.2 Å². The number of aromatic nitrogens is 2. The topological polar surface area (TPSA) is 85.2 Å². The highest BCUT2D eigenvalue weighted by molar-refractivity contribution is 5.95. The summed E-state index contributed by atoms with van der Waals surface area (Å²) in [6.45, 7) is 3.12. The molecule has 2 unspecified atom stereocenters. The predicted octanol–water partition coefficient (Wildman–Crippen LogP) is 2.56. The van der Waals surface area contributed by atoms with E-state index in [2.05, 4.69) is 14.7 Å². The minimum absolute atomic E-state index is 0.104. The number of nitrogens with zero attached hydrogens (tertiary/aromatic N) is 3. The van der Waals surface area contributed by atoms with Crippen LogP contribution in [0.5, 0.6) is 0 Å². The monoisotopic (exact) mass is 354 g/mol. The summed E-state index contributed by atoms with van der Waals surface area (Å²) < 4.78 is 41.7. The lowest BCUT2D eigenvalue weighted by atomic mass is 10.1. The van der Waals surface area contributed by atoms with Crippen molar-refractivity contribution >= 4 is 5.91 Å². The smallest absolute Gasteiger partial charge is 0.336 e. The van der Waals surface area contributed by atoms with Crippen molar-refractivity contribution < 1.29 is 22.5 Å². The summed E-state index contributed by atoms with van der Waals surface area (Å²) in [6.07, 6.45) is -3.82. The number of carbonyl (C=O) groups excluding carboxylic acids is 1. The lowest BCUT2D eigenvalue weighted by Gasteiger charge is -2.21. The molecule has 1 aliphatic heterocycles. The number of nitrogens with two attached hydrogens (primary N) is 1. The summed E-state index contributed by atoms with van der Waals surface area (Å²) >= 11 is 0. The third-order valence-electron chi connectivity index (χ3n) is 4.31. The van der Waals surface area contributed by atoms with Gasteiger partial charge in [0.1, 0.15) is 0 Å². The van der Waals surface area contributed by atoms with Gasteiger partial charge in [-0.15, -0.1) is 0 Å². The Hall–Kier alpha value is -2.42. The largest absolute Gasteiger partial charge is 0.471 e. The SMILES string of the molecule is CC1CC(CN)CN1C(=O)c1ccc(-c2noc(C(F)(F)F)n2)cc1. The van der Waals surface area contributed by atoms with Crippen molar-refractivity contribution in [3.05, 3.63) is 35.7 Å². The Morgan fingerprint density at radius 3 is 2.56 bits per heavy atom. The van der Waals surface area contributed by atoms with E-state index < -0.39 is 12.1 Å².